The van der Waals surface area contributed by atoms with Crippen LogP contribution < -0.4 is 4.74 Å². The fourth-order valence-electron chi connectivity index (χ4n) is 5.18. The number of aromatic nitrogens is 2. The van der Waals surface area contributed by atoms with Gasteiger partial charge in [-0.25, -0.2) is 4.68 Å². The second-order valence-corrected chi connectivity index (χ2v) is 10.7. The Bertz CT molecular complexity index is 1430. The third kappa shape index (κ3) is 5.93. The molecule has 0 saturated carbocycles. The van der Waals surface area contributed by atoms with Gasteiger partial charge >= 0.3 is 0 Å². The van der Waals surface area contributed by atoms with Crippen molar-refractivity contribution in [3.63, 3.8) is 0 Å². The molecule has 1 aliphatic heterocycles. The molecule has 3 heterocycles. The zero-order valence-electron chi connectivity index (χ0n) is 23.6. The summed E-state index contributed by atoms with van der Waals surface area (Å²) in [5.74, 6) is 2.18. The Labute approximate surface area is 231 Å². The number of rotatable bonds is 8. The summed E-state index contributed by atoms with van der Waals surface area (Å²) in [6.07, 6.45) is 0. The van der Waals surface area contributed by atoms with E-state index in [9.17, 15) is 4.79 Å². The molecule has 0 bridgehead atoms. The van der Waals surface area contributed by atoms with E-state index in [1.165, 1.54) is 11.1 Å². The lowest BCUT2D eigenvalue weighted by molar-refractivity contribution is 0.0593. The number of hydrogen-bond donors (Lipinski definition) is 0. The van der Waals surface area contributed by atoms with Gasteiger partial charge in [-0.05, 0) is 68.1 Å². The summed E-state index contributed by atoms with van der Waals surface area (Å²) in [4.78, 5) is 17.4. The predicted octanol–water partition coefficient (Wildman–Crippen LogP) is 6.05. The van der Waals surface area contributed by atoms with Crippen molar-refractivity contribution in [2.24, 2.45) is 0 Å². The van der Waals surface area contributed by atoms with Gasteiger partial charge in [0, 0.05) is 44.0 Å². The van der Waals surface area contributed by atoms with Crippen LogP contribution in [-0.4, -0.2) is 51.7 Å². The molecule has 0 unspecified atom stereocenters. The highest BCUT2D eigenvalue weighted by atomic mass is 16.5. The summed E-state index contributed by atoms with van der Waals surface area (Å²) in [6, 6.07) is 20.1. The predicted molar refractivity (Wildman–Crippen MR) is 153 cm³/mol. The lowest BCUT2D eigenvalue weighted by Gasteiger charge is -2.34. The van der Waals surface area contributed by atoms with Crippen LogP contribution in [0.1, 0.15) is 64.2 Å². The average molecular weight is 527 g/mol. The molecule has 204 valence electrons. The van der Waals surface area contributed by atoms with E-state index in [1.807, 2.05) is 33.8 Å². The zero-order valence-corrected chi connectivity index (χ0v) is 23.6. The molecule has 0 N–H and O–H groups in total. The van der Waals surface area contributed by atoms with Crippen LogP contribution in [0.2, 0.25) is 0 Å². The summed E-state index contributed by atoms with van der Waals surface area (Å²) < 4.78 is 14.0. The van der Waals surface area contributed by atoms with E-state index in [0.29, 0.717) is 37.1 Å². The van der Waals surface area contributed by atoms with Crippen molar-refractivity contribution in [3.05, 3.63) is 100 Å². The minimum atomic E-state index is -0.0661. The molecule has 1 aliphatic rings. The first kappa shape index (κ1) is 26.8. The van der Waals surface area contributed by atoms with Gasteiger partial charge in [0.2, 0.25) is 0 Å². The number of hydrogen-bond acceptors (Lipinski definition) is 5. The van der Waals surface area contributed by atoms with Gasteiger partial charge in [-0.3, -0.25) is 9.69 Å². The molecule has 1 saturated heterocycles. The minimum absolute atomic E-state index is 0.0661. The lowest BCUT2D eigenvalue weighted by atomic mass is 10.0. The molecule has 1 fully saturated rings. The highest BCUT2D eigenvalue weighted by molar-refractivity contribution is 5.91. The fraction of sp³-hybridized carbons (Fsp3) is 0.375. The summed E-state index contributed by atoms with van der Waals surface area (Å²) in [5, 5.41) is 4.79. The van der Waals surface area contributed by atoms with Gasteiger partial charge in [0.1, 0.15) is 18.1 Å². The summed E-state index contributed by atoms with van der Waals surface area (Å²) in [7, 11) is 0. The molecule has 0 radical (unpaired) electrons. The molecule has 1 amide bonds. The van der Waals surface area contributed by atoms with Gasteiger partial charge in [0.15, 0.2) is 5.76 Å². The normalized spacial score (nSPS) is 14.3. The van der Waals surface area contributed by atoms with Gasteiger partial charge in [-0.15, -0.1) is 0 Å². The van der Waals surface area contributed by atoms with Crippen LogP contribution in [0.25, 0.3) is 5.69 Å². The van der Waals surface area contributed by atoms with Gasteiger partial charge in [0.25, 0.3) is 5.91 Å². The second kappa shape index (κ2) is 11.5. The molecule has 0 atom stereocenters. The SMILES string of the molecule is Cc1ccc(C(C)C)c(OCc2ccc(C(=O)N3CCN(Cc4c(C)nn(-c5ccccc5)c4C)CC3)o2)c1. The average Bonchev–Trinajstić information content (AvgIpc) is 3.52. The highest BCUT2D eigenvalue weighted by Crippen LogP contribution is 2.28. The summed E-state index contributed by atoms with van der Waals surface area (Å²) in [5.41, 5.74) is 6.85. The number of aryl methyl sites for hydroxylation is 2. The third-order valence-corrected chi connectivity index (χ3v) is 7.52. The molecule has 4 aromatic rings. The molecular weight excluding hydrogens is 488 g/mol. The van der Waals surface area contributed by atoms with Crippen LogP contribution in [0.3, 0.4) is 0 Å². The Morgan fingerprint density at radius 2 is 1.72 bits per heavy atom. The number of benzene rings is 2. The number of carbonyl (C=O) groups is 1. The maximum atomic E-state index is 13.2. The number of furan rings is 1. The van der Waals surface area contributed by atoms with Crippen molar-refractivity contribution >= 4 is 5.91 Å². The van der Waals surface area contributed by atoms with Crippen LogP contribution >= 0.6 is 0 Å². The third-order valence-electron chi connectivity index (χ3n) is 7.52. The number of piperazine rings is 1. The van der Waals surface area contributed by atoms with E-state index < -0.39 is 0 Å². The Hall–Kier alpha value is -3.84. The standard InChI is InChI=1S/C32H38N4O3/c1-22(2)28-13-11-23(3)19-31(28)38-21-27-12-14-30(39-27)32(37)35-17-15-34(16-18-35)20-29-24(4)33-36(25(29)5)26-9-7-6-8-10-26/h6-14,19,22H,15-18,20-21H2,1-5H3. The molecule has 39 heavy (non-hydrogen) atoms. The van der Waals surface area contributed by atoms with Gasteiger partial charge in [-0.1, -0.05) is 44.2 Å². The maximum absolute atomic E-state index is 13.2. The van der Waals surface area contributed by atoms with Crippen molar-refractivity contribution in [3.8, 4) is 11.4 Å². The van der Waals surface area contributed by atoms with E-state index in [2.05, 4.69) is 69.9 Å². The van der Waals surface area contributed by atoms with Crippen LogP contribution in [0.5, 0.6) is 5.75 Å². The van der Waals surface area contributed by atoms with Crippen molar-refractivity contribution in [2.75, 3.05) is 26.2 Å². The van der Waals surface area contributed by atoms with Gasteiger partial charge in [-0.2, -0.15) is 5.10 Å². The number of ether oxygens (including phenoxy) is 1. The minimum Gasteiger partial charge on any atom is -0.485 e. The topological polar surface area (TPSA) is 63.7 Å². The zero-order chi connectivity index (χ0) is 27.5. The van der Waals surface area contributed by atoms with Crippen molar-refractivity contribution in [1.29, 1.82) is 0 Å². The maximum Gasteiger partial charge on any atom is 0.289 e. The Balaban J connectivity index is 1.16. The molecule has 0 aliphatic carbocycles. The van der Waals surface area contributed by atoms with Crippen molar-refractivity contribution in [1.82, 2.24) is 19.6 Å². The molecule has 7 heteroatoms. The molecule has 7 nitrogen and oxygen atoms in total. The molecule has 2 aromatic heterocycles. The Morgan fingerprint density at radius 1 is 0.974 bits per heavy atom. The summed E-state index contributed by atoms with van der Waals surface area (Å²) >= 11 is 0. The molecule has 5 rings (SSSR count). The number of para-hydroxylation sites is 1. The van der Waals surface area contributed by atoms with E-state index >= 15 is 0 Å². The second-order valence-electron chi connectivity index (χ2n) is 10.7. The van der Waals surface area contributed by atoms with Crippen LogP contribution in [0, 0.1) is 20.8 Å². The van der Waals surface area contributed by atoms with Crippen LogP contribution in [-0.2, 0) is 13.2 Å². The first-order chi connectivity index (χ1) is 18.8. The monoisotopic (exact) mass is 526 g/mol. The number of nitrogens with zero attached hydrogens (tertiary/aromatic N) is 4. The first-order valence-corrected chi connectivity index (χ1v) is 13.7. The van der Waals surface area contributed by atoms with E-state index in [1.54, 1.807) is 6.07 Å². The van der Waals surface area contributed by atoms with Crippen LogP contribution in [0.4, 0.5) is 0 Å². The van der Waals surface area contributed by atoms with E-state index in [-0.39, 0.29) is 5.91 Å². The molecule has 0 spiro atoms. The van der Waals surface area contributed by atoms with E-state index in [0.717, 1.165) is 48.0 Å². The Kier molecular flexibility index (Phi) is 7.89. The largest absolute Gasteiger partial charge is 0.485 e. The number of carbonyl (C=O) groups excluding carboxylic acids is 1. The molecule has 2 aromatic carbocycles. The first-order valence-electron chi connectivity index (χ1n) is 13.7. The Morgan fingerprint density at radius 3 is 2.44 bits per heavy atom. The molecular formula is C32H38N4O3. The quantitative estimate of drug-likeness (QED) is 0.280. The number of amides is 1. The van der Waals surface area contributed by atoms with E-state index in [4.69, 9.17) is 14.3 Å². The van der Waals surface area contributed by atoms with Crippen molar-refractivity contribution < 1.29 is 13.9 Å². The van der Waals surface area contributed by atoms with Crippen molar-refractivity contribution in [2.45, 2.75) is 53.7 Å². The lowest BCUT2D eigenvalue weighted by Crippen LogP contribution is -2.48. The highest BCUT2D eigenvalue weighted by Gasteiger charge is 2.26. The van der Waals surface area contributed by atoms with Gasteiger partial charge in [0.05, 0.1) is 11.4 Å². The van der Waals surface area contributed by atoms with Crippen LogP contribution in [0.15, 0.2) is 65.1 Å². The van der Waals surface area contributed by atoms with Gasteiger partial charge < -0.3 is 14.1 Å². The summed E-state index contributed by atoms with van der Waals surface area (Å²) in [6.45, 7) is 14.6. The fourth-order valence-corrected chi connectivity index (χ4v) is 5.18. The smallest absolute Gasteiger partial charge is 0.289 e.